The van der Waals surface area contributed by atoms with Gasteiger partial charge in [-0.15, -0.1) is 0 Å². The molecule has 3 heteroatoms. The topological polar surface area (TPSA) is 26.7 Å². The second-order valence-electron chi connectivity index (χ2n) is 8.70. The average Bonchev–Trinajstić information content (AvgIpc) is 2.75. The molecule has 0 aliphatic rings. The summed E-state index contributed by atoms with van der Waals surface area (Å²) in [4.78, 5) is 4.69. The molecule has 0 amide bonds. The molecule has 0 fully saturated rings. The minimum Gasteiger partial charge on any atom is -0.508 e. The second kappa shape index (κ2) is 11.8. The van der Waals surface area contributed by atoms with Crippen molar-refractivity contribution in [1.29, 1.82) is 0 Å². The summed E-state index contributed by atoms with van der Waals surface area (Å²) in [6.07, 6.45) is 3.03. The number of likely N-dealkylation sites (N-methyl/N-ethyl adjacent to an activating group) is 1. The molecule has 2 unspecified atom stereocenters. The molecule has 2 aromatic rings. The van der Waals surface area contributed by atoms with Gasteiger partial charge in [0.15, 0.2) is 0 Å². The summed E-state index contributed by atoms with van der Waals surface area (Å²) in [7, 11) is 4.33. The highest BCUT2D eigenvalue weighted by molar-refractivity contribution is 5.62. The number of rotatable bonds is 12. The Morgan fingerprint density at radius 3 is 2.29 bits per heavy atom. The number of phenols is 1. The molecule has 0 radical (unpaired) electrons. The van der Waals surface area contributed by atoms with Crippen molar-refractivity contribution in [3.63, 3.8) is 0 Å². The Labute approximate surface area is 189 Å². The molecule has 3 nitrogen and oxygen atoms in total. The number of aryl methyl sites for hydroxylation is 1. The van der Waals surface area contributed by atoms with Crippen LogP contribution in [-0.4, -0.2) is 48.1 Å². The third-order valence-electron chi connectivity index (χ3n) is 6.27. The van der Waals surface area contributed by atoms with Crippen molar-refractivity contribution in [3.05, 3.63) is 84.0 Å². The van der Waals surface area contributed by atoms with Gasteiger partial charge >= 0.3 is 0 Å². The van der Waals surface area contributed by atoms with Crippen molar-refractivity contribution in [2.75, 3.05) is 27.2 Å². The van der Waals surface area contributed by atoms with Crippen LogP contribution >= 0.6 is 0 Å². The molecule has 0 bridgehead atoms. The average molecular weight is 421 g/mol. The van der Waals surface area contributed by atoms with Crippen molar-refractivity contribution in [1.82, 2.24) is 9.80 Å². The van der Waals surface area contributed by atoms with Gasteiger partial charge in [-0.1, -0.05) is 69.0 Å². The third kappa shape index (κ3) is 6.73. The van der Waals surface area contributed by atoms with Gasteiger partial charge in [0.1, 0.15) is 5.75 Å². The standard InChI is InChI=1S/C28H40N2O/c1-8-17-29(6)20-26(19-25-15-16-27(31)18-21(25)3)22(4)28(9-2)30(7)23(5)24-13-11-10-12-14-24/h10-16,18,26,28,31H,4-5,8-9,17,19-20H2,1-3,6-7H3. The Balaban J connectivity index is 2.28. The molecule has 0 spiro atoms. The summed E-state index contributed by atoms with van der Waals surface area (Å²) >= 11 is 0. The van der Waals surface area contributed by atoms with Crippen LogP contribution < -0.4 is 0 Å². The molecule has 31 heavy (non-hydrogen) atoms. The first kappa shape index (κ1) is 24.7. The molecule has 2 rings (SSSR count). The summed E-state index contributed by atoms with van der Waals surface area (Å²) in [6.45, 7) is 17.6. The zero-order valence-electron chi connectivity index (χ0n) is 20.1. The normalized spacial score (nSPS) is 13.1. The number of hydrogen-bond donors (Lipinski definition) is 1. The molecule has 0 saturated heterocycles. The van der Waals surface area contributed by atoms with Gasteiger partial charge in [0.2, 0.25) is 0 Å². The highest BCUT2D eigenvalue weighted by Crippen LogP contribution is 2.30. The van der Waals surface area contributed by atoms with Crippen molar-refractivity contribution < 1.29 is 5.11 Å². The molecular formula is C28H40N2O. The van der Waals surface area contributed by atoms with Crippen molar-refractivity contribution in [2.24, 2.45) is 5.92 Å². The van der Waals surface area contributed by atoms with Gasteiger partial charge in [0.05, 0.1) is 0 Å². The van der Waals surface area contributed by atoms with E-state index in [9.17, 15) is 5.11 Å². The third-order valence-corrected chi connectivity index (χ3v) is 6.27. The number of nitrogens with zero attached hydrogens (tertiary/aromatic N) is 2. The Hall–Kier alpha value is -2.52. The maximum atomic E-state index is 9.82. The van der Waals surface area contributed by atoms with Crippen LogP contribution in [0.1, 0.15) is 43.4 Å². The highest BCUT2D eigenvalue weighted by Gasteiger charge is 2.26. The van der Waals surface area contributed by atoms with Crippen LogP contribution in [0.4, 0.5) is 0 Å². The van der Waals surface area contributed by atoms with Gasteiger partial charge in [0, 0.05) is 25.3 Å². The van der Waals surface area contributed by atoms with Crippen LogP contribution in [0.25, 0.3) is 5.70 Å². The predicted molar refractivity (Wildman–Crippen MR) is 134 cm³/mol. The van der Waals surface area contributed by atoms with Gasteiger partial charge in [-0.25, -0.2) is 0 Å². The zero-order valence-corrected chi connectivity index (χ0v) is 20.1. The number of aromatic hydroxyl groups is 1. The second-order valence-corrected chi connectivity index (χ2v) is 8.70. The molecule has 0 aliphatic carbocycles. The lowest BCUT2D eigenvalue weighted by molar-refractivity contribution is 0.270. The lowest BCUT2D eigenvalue weighted by atomic mass is 9.85. The summed E-state index contributed by atoms with van der Waals surface area (Å²) in [5, 5.41) is 9.82. The predicted octanol–water partition coefficient (Wildman–Crippen LogP) is 6.14. The van der Waals surface area contributed by atoms with Crippen LogP contribution in [0.15, 0.2) is 67.3 Å². The summed E-state index contributed by atoms with van der Waals surface area (Å²) in [5.74, 6) is 0.640. The zero-order chi connectivity index (χ0) is 23.0. The fourth-order valence-corrected chi connectivity index (χ4v) is 4.42. The quantitative estimate of drug-likeness (QED) is 0.418. The van der Waals surface area contributed by atoms with Crippen LogP contribution in [-0.2, 0) is 6.42 Å². The fraction of sp³-hybridized carbons (Fsp3) is 0.429. The first-order valence-corrected chi connectivity index (χ1v) is 11.4. The van der Waals surface area contributed by atoms with E-state index in [2.05, 4.69) is 88.2 Å². The Morgan fingerprint density at radius 1 is 1.03 bits per heavy atom. The molecule has 2 aromatic carbocycles. The van der Waals surface area contributed by atoms with E-state index < -0.39 is 0 Å². The molecule has 2 atom stereocenters. The van der Waals surface area contributed by atoms with E-state index in [0.717, 1.165) is 49.2 Å². The van der Waals surface area contributed by atoms with Crippen LogP contribution in [0.3, 0.4) is 0 Å². The van der Waals surface area contributed by atoms with E-state index in [1.807, 2.05) is 12.1 Å². The molecule has 1 N–H and O–H groups in total. The fourth-order valence-electron chi connectivity index (χ4n) is 4.42. The minimum atomic E-state index is 0.213. The maximum absolute atomic E-state index is 9.82. The summed E-state index contributed by atoms with van der Waals surface area (Å²) in [5.41, 5.74) is 5.82. The molecular weight excluding hydrogens is 380 g/mol. The van der Waals surface area contributed by atoms with E-state index in [-0.39, 0.29) is 6.04 Å². The van der Waals surface area contributed by atoms with Crippen LogP contribution in [0.5, 0.6) is 5.75 Å². The van der Waals surface area contributed by atoms with Crippen molar-refractivity contribution in [2.45, 2.75) is 46.1 Å². The van der Waals surface area contributed by atoms with Crippen molar-refractivity contribution >= 4 is 5.70 Å². The SMILES string of the molecule is C=C(C(Cc1ccc(O)cc1C)CN(C)CCC)C(CC)N(C)C(=C)c1ccccc1. The minimum absolute atomic E-state index is 0.213. The van der Waals surface area contributed by atoms with E-state index in [1.54, 1.807) is 6.07 Å². The summed E-state index contributed by atoms with van der Waals surface area (Å²) in [6, 6.07) is 16.3. The molecule has 168 valence electrons. The van der Waals surface area contributed by atoms with Gasteiger partial charge in [-0.2, -0.15) is 0 Å². The van der Waals surface area contributed by atoms with E-state index in [0.29, 0.717) is 11.7 Å². The largest absolute Gasteiger partial charge is 0.508 e. The monoisotopic (exact) mass is 420 g/mol. The van der Waals surface area contributed by atoms with Gasteiger partial charge in [-0.05, 0) is 74.5 Å². The Bertz CT molecular complexity index is 859. The molecule has 0 aromatic heterocycles. The lowest BCUT2D eigenvalue weighted by Crippen LogP contribution is -2.37. The molecule has 0 aliphatic heterocycles. The number of hydrogen-bond acceptors (Lipinski definition) is 3. The first-order valence-electron chi connectivity index (χ1n) is 11.4. The Morgan fingerprint density at radius 2 is 1.71 bits per heavy atom. The highest BCUT2D eigenvalue weighted by atomic mass is 16.3. The lowest BCUT2D eigenvalue weighted by Gasteiger charge is -2.37. The van der Waals surface area contributed by atoms with E-state index in [4.69, 9.17) is 0 Å². The van der Waals surface area contributed by atoms with Crippen molar-refractivity contribution in [3.8, 4) is 5.75 Å². The molecule has 0 saturated carbocycles. The van der Waals surface area contributed by atoms with Crippen LogP contribution in [0.2, 0.25) is 0 Å². The van der Waals surface area contributed by atoms with Gasteiger partial charge < -0.3 is 14.9 Å². The van der Waals surface area contributed by atoms with E-state index >= 15 is 0 Å². The van der Waals surface area contributed by atoms with E-state index in [1.165, 1.54) is 11.1 Å². The molecule has 0 heterocycles. The maximum Gasteiger partial charge on any atom is 0.115 e. The Kier molecular flexibility index (Phi) is 9.39. The number of benzene rings is 2. The first-order chi connectivity index (χ1) is 14.8. The summed E-state index contributed by atoms with van der Waals surface area (Å²) < 4.78 is 0. The van der Waals surface area contributed by atoms with Crippen LogP contribution in [0, 0.1) is 12.8 Å². The van der Waals surface area contributed by atoms with Gasteiger partial charge in [0.25, 0.3) is 0 Å². The number of phenolic OH excluding ortho intramolecular Hbond substituents is 1. The smallest absolute Gasteiger partial charge is 0.115 e. The van der Waals surface area contributed by atoms with Gasteiger partial charge in [-0.3, -0.25) is 0 Å².